The van der Waals surface area contributed by atoms with E-state index in [9.17, 15) is 27.3 Å². The van der Waals surface area contributed by atoms with Gasteiger partial charge in [-0.1, -0.05) is 0 Å². The van der Waals surface area contributed by atoms with E-state index in [0.717, 1.165) is 6.07 Å². The predicted octanol–water partition coefficient (Wildman–Crippen LogP) is 2.46. The third-order valence-electron chi connectivity index (χ3n) is 1.57. The highest BCUT2D eigenvalue weighted by Gasteiger charge is 2.32. The molecule has 0 aliphatic carbocycles. The van der Waals surface area contributed by atoms with Crippen molar-refractivity contribution in [1.82, 2.24) is 4.98 Å². The number of rotatable bonds is 3. The lowest BCUT2D eigenvalue weighted by Crippen LogP contribution is -2.06. The van der Waals surface area contributed by atoms with Gasteiger partial charge in [0.05, 0.1) is 0 Å². The summed E-state index contributed by atoms with van der Waals surface area (Å²) in [6, 6.07) is 0.730. The van der Waals surface area contributed by atoms with Crippen molar-refractivity contribution in [3.8, 4) is 0 Å². The lowest BCUT2D eigenvalue weighted by atomic mass is 10.3. The van der Waals surface area contributed by atoms with E-state index in [1.165, 1.54) is 22.6 Å². The Labute approximate surface area is 112 Å². The van der Waals surface area contributed by atoms with Gasteiger partial charge in [-0.2, -0.15) is 0 Å². The van der Waals surface area contributed by atoms with Gasteiger partial charge in [0.15, 0.2) is 4.90 Å². The van der Waals surface area contributed by atoms with Crippen LogP contribution in [0.5, 0.6) is 0 Å². The van der Waals surface area contributed by atoms with Crippen LogP contribution in [0.25, 0.3) is 0 Å². The lowest BCUT2D eigenvalue weighted by Gasteiger charge is -2.03. The first kappa shape index (κ1) is 14.4. The molecule has 94 valence electrons. The number of alkyl halides is 2. The second kappa shape index (κ2) is 4.94. The molecule has 0 aliphatic heterocycles. The second-order valence-electron chi connectivity index (χ2n) is 2.68. The molecule has 1 rings (SSSR count). The summed E-state index contributed by atoms with van der Waals surface area (Å²) in [4.78, 5) is 11.5. The number of halogens is 4. The smallest absolute Gasteiger partial charge is 0.358 e. The van der Waals surface area contributed by atoms with Crippen LogP contribution < -0.4 is 0 Å². The zero-order valence-electron chi connectivity index (χ0n) is 7.60. The molecule has 0 aliphatic rings. The average Bonchev–Trinajstić information content (AvgIpc) is 2.13. The van der Waals surface area contributed by atoms with Gasteiger partial charge in [0, 0.05) is 20.3 Å². The Morgan fingerprint density at radius 3 is 2.41 bits per heavy atom. The number of nitrogens with zero attached hydrogens (tertiary/aromatic N) is 2. The van der Waals surface area contributed by atoms with E-state index < -0.39 is 36.8 Å². The van der Waals surface area contributed by atoms with Crippen molar-refractivity contribution in [2.45, 2.75) is 11.3 Å². The first-order valence-electron chi connectivity index (χ1n) is 3.72. The fraction of sp³-hybridized carbons (Fsp3) is 0.167. The first-order valence-corrected chi connectivity index (χ1v) is 7.11. The molecule has 0 N–H and O–H groups in total. The number of hydrogen-bond acceptors (Lipinski definition) is 5. The van der Waals surface area contributed by atoms with Crippen LogP contribution in [0.3, 0.4) is 0 Å². The summed E-state index contributed by atoms with van der Waals surface area (Å²) < 4.78 is 46.6. The van der Waals surface area contributed by atoms with Gasteiger partial charge >= 0.3 is 12.2 Å². The highest BCUT2D eigenvalue weighted by atomic mass is 127. The summed E-state index contributed by atoms with van der Waals surface area (Å²) in [5.41, 5.74) is -0.884. The van der Waals surface area contributed by atoms with Crippen molar-refractivity contribution in [3.63, 3.8) is 0 Å². The van der Waals surface area contributed by atoms with Gasteiger partial charge in [-0.25, -0.2) is 17.2 Å². The van der Waals surface area contributed by atoms with E-state index in [1.807, 2.05) is 0 Å². The van der Waals surface area contributed by atoms with E-state index in [2.05, 4.69) is 4.98 Å². The molecule has 17 heavy (non-hydrogen) atoms. The molecule has 11 heteroatoms. The number of pyridine rings is 1. The minimum Gasteiger partial charge on any atom is -0.358 e. The lowest BCUT2D eigenvalue weighted by molar-refractivity contribution is -0.392. The van der Waals surface area contributed by atoms with Crippen LogP contribution in [-0.2, 0) is 9.05 Å². The highest BCUT2D eigenvalue weighted by molar-refractivity contribution is 14.1. The van der Waals surface area contributed by atoms with Crippen LogP contribution in [0.1, 0.15) is 12.1 Å². The SMILES string of the molecule is O=[N+]([O-])c1nc(C(F)F)cc(I)c1S(=O)(=O)Cl. The van der Waals surface area contributed by atoms with E-state index in [4.69, 9.17) is 10.7 Å². The molecular weight excluding hydrogens is 396 g/mol. The topological polar surface area (TPSA) is 90.2 Å². The summed E-state index contributed by atoms with van der Waals surface area (Å²) in [5, 5.41) is 10.6. The molecule has 1 heterocycles. The number of hydrogen-bond donors (Lipinski definition) is 0. The van der Waals surface area contributed by atoms with Crippen molar-refractivity contribution < 1.29 is 22.1 Å². The minimum atomic E-state index is -4.44. The molecule has 0 atom stereocenters. The van der Waals surface area contributed by atoms with Crippen LogP contribution in [0.15, 0.2) is 11.0 Å². The highest BCUT2D eigenvalue weighted by Crippen LogP contribution is 2.32. The Kier molecular flexibility index (Phi) is 4.19. The van der Waals surface area contributed by atoms with Crippen LogP contribution in [-0.4, -0.2) is 18.3 Å². The van der Waals surface area contributed by atoms with Gasteiger partial charge in [0.2, 0.25) is 5.69 Å². The number of nitro groups is 1. The van der Waals surface area contributed by atoms with E-state index in [1.54, 1.807) is 0 Å². The van der Waals surface area contributed by atoms with Gasteiger partial charge in [0.1, 0.15) is 0 Å². The molecule has 0 amide bonds. The Morgan fingerprint density at radius 1 is 1.53 bits per heavy atom. The minimum absolute atomic E-state index is 0.283. The largest absolute Gasteiger partial charge is 0.385 e. The van der Waals surface area contributed by atoms with Gasteiger partial charge in [-0.15, -0.1) is 0 Å². The quantitative estimate of drug-likeness (QED) is 0.338. The monoisotopic (exact) mass is 398 g/mol. The summed E-state index contributed by atoms with van der Waals surface area (Å²) in [6.45, 7) is 0. The normalized spacial score (nSPS) is 11.8. The van der Waals surface area contributed by atoms with Crippen LogP contribution in [0.2, 0.25) is 0 Å². The van der Waals surface area contributed by atoms with Gasteiger partial charge in [-0.05, 0) is 32.5 Å². The van der Waals surface area contributed by atoms with E-state index >= 15 is 0 Å². The van der Waals surface area contributed by atoms with E-state index in [-0.39, 0.29) is 3.57 Å². The molecule has 0 bridgehead atoms. The summed E-state index contributed by atoms with van der Waals surface area (Å²) >= 11 is 1.36. The molecule has 0 saturated heterocycles. The van der Waals surface area contributed by atoms with Gasteiger partial charge in [-0.3, -0.25) is 0 Å². The maximum absolute atomic E-state index is 12.3. The van der Waals surface area contributed by atoms with Crippen LogP contribution in [0, 0.1) is 13.7 Å². The molecule has 0 aromatic carbocycles. The molecule has 1 aromatic rings. The van der Waals surface area contributed by atoms with Crippen molar-refractivity contribution >= 4 is 48.1 Å². The molecular formula is C6H2ClF2IN2O4S. The fourth-order valence-electron chi connectivity index (χ4n) is 0.969. The van der Waals surface area contributed by atoms with E-state index in [0.29, 0.717) is 0 Å². The second-order valence-corrected chi connectivity index (χ2v) is 6.34. The molecule has 0 spiro atoms. The Bertz CT molecular complexity index is 580. The molecule has 6 nitrogen and oxygen atoms in total. The Hall–Kier alpha value is -0.620. The molecule has 0 fully saturated rings. The maximum atomic E-state index is 12.3. The predicted molar refractivity (Wildman–Crippen MR) is 61.6 cm³/mol. The van der Waals surface area contributed by atoms with Crippen LogP contribution in [0.4, 0.5) is 14.6 Å². The van der Waals surface area contributed by atoms with Crippen molar-refractivity contribution in [3.05, 3.63) is 25.4 Å². The van der Waals surface area contributed by atoms with Crippen molar-refractivity contribution in [2.75, 3.05) is 0 Å². The first-order chi connectivity index (χ1) is 7.64. The van der Waals surface area contributed by atoms with Gasteiger partial charge in [0.25, 0.3) is 9.05 Å². The third kappa shape index (κ3) is 3.19. The molecule has 0 saturated carbocycles. The van der Waals surface area contributed by atoms with Crippen molar-refractivity contribution in [1.29, 1.82) is 0 Å². The molecule has 1 aromatic heterocycles. The third-order valence-corrected chi connectivity index (χ3v) is 4.14. The Balaban J connectivity index is 3.68. The zero-order chi connectivity index (χ0) is 13.4. The van der Waals surface area contributed by atoms with Crippen molar-refractivity contribution in [2.24, 2.45) is 0 Å². The molecule has 0 unspecified atom stereocenters. The average molecular weight is 399 g/mol. The summed E-state index contributed by atoms with van der Waals surface area (Å²) in [5.74, 6) is -1.21. The van der Waals surface area contributed by atoms with Crippen LogP contribution >= 0.6 is 33.3 Å². The fourth-order valence-corrected chi connectivity index (χ4v) is 3.88. The van der Waals surface area contributed by atoms with Gasteiger partial charge < -0.3 is 10.1 Å². The maximum Gasteiger partial charge on any atom is 0.385 e. The summed E-state index contributed by atoms with van der Waals surface area (Å²) in [6.07, 6.45) is -3.05. The standard InChI is InChI=1S/C6H2ClF2IN2O4S/c7-17(15,16)4-2(10)1-3(5(8)9)11-6(4)12(13)14/h1,5H. The number of aromatic nitrogens is 1. The Morgan fingerprint density at radius 2 is 2.06 bits per heavy atom. The molecule has 0 radical (unpaired) electrons. The zero-order valence-corrected chi connectivity index (χ0v) is 11.3. The summed E-state index contributed by atoms with van der Waals surface area (Å²) in [7, 11) is 0.544.